The van der Waals surface area contributed by atoms with Crippen molar-refractivity contribution in [2.75, 3.05) is 12.4 Å². The van der Waals surface area contributed by atoms with Crippen LogP contribution < -0.4 is 15.6 Å². The molecule has 4 aromatic rings. The third-order valence-corrected chi connectivity index (χ3v) is 5.49. The van der Waals surface area contributed by atoms with Crippen LogP contribution in [0.15, 0.2) is 53.3 Å². The lowest BCUT2D eigenvalue weighted by Crippen LogP contribution is -2.20. The van der Waals surface area contributed by atoms with Gasteiger partial charge in [-0.2, -0.15) is 4.98 Å². The van der Waals surface area contributed by atoms with Gasteiger partial charge in [-0.25, -0.2) is 4.79 Å². The van der Waals surface area contributed by atoms with Crippen molar-refractivity contribution in [1.29, 1.82) is 0 Å². The summed E-state index contributed by atoms with van der Waals surface area (Å²) in [5.74, 6) is -0.572. The minimum atomic E-state index is -1.000. The summed E-state index contributed by atoms with van der Waals surface area (Å²) in [5, 5.41) is 15.1. The number of benzene rings is 2. The third-order valence-electron chi connectivity index (χ3n) is 5.49. The lowest BCUT2D eigenvalue weighted by molar-refractivity contribution is 0.0698. The number of aryl methyl sites for hydroxylation is 2. The molecule has 0 saturated heterocycles. The Balaban J connectivity index is 1.98. The van der Waals surface area contributed by atoms with Crippen molar-refractivity contribution in [2.24, 2.45) is 7.05 Å². The molecule has 2 N–H and O–H groups in total. The zero-order chi connectivity index (χ0) is 22.3. The maximum Gasteiger partial charge on any atom is 0.337 e. The fourth-order valence-corrected chi connectivity index (χ4v) is 4.00. The number of carboxylic acids is 1. The van der Waals surface area contributed by atoms with Crippen molar-refractivity contribution in [3.05, 3.63) is 75.6 Å². The molecule has 0 aliphatic carbocycles. The van der Waals surface area contributed by atoms with Gasteiger partial charge in [0.2, 0.25) is 5.88 Å². The fraction of sp³-hybridized carbons (Fsp3) is 0.208. The molecular formula is C24H23N3O4. The largest absolute Gasteiger partial charge is 0.481 e. The fourth-order valence-electron chi connectivity index (χ4n) is 4.00. The highest BCUT2D eigenvalue weighted by Crippen LogP contribution is 2.33. The number of aromatic nitrogens is 2. The Morgan fingerprint density at radius 1 is 1.16 bits per heavy atom. The lowest BCUT2D eigenvalue weighted by Gasteiger charge is -2.21. The number of anilines is 1. The van der Waals surface area contributed by atoms with Crippen LogP contribution >= 0.6 is 0 Å². The number of aromatic carboxylic acids is 1. The normalized spacial score (nSPS) is 12.1. The molecule has 7 heteroatoms. The topological polar surface area (TPSA) is 93.5 Å². The molecular weight excluding hydrogens is 394 g/mol. The molecule has 2 aromatic carbocycles. The van der Waals surface area contributed by atoms with E-state index < -0.39 is 5.97 Å². The Kier molecular flexibility index (Phi) is 5.10. The number of carbonyl (C=O) groups is 1. The molecule has 31 heavy (non-hydrogen) atoms. The molecule has 0 bridgehead atoms. The molecule has 0 aliphatic rings. The van der Waals surface area contributed by atoms with Crippen molar-refractivity contribution in [1.82, 2.24) is 9.55 Å². The van der Waals surface area contributed by atoms with E-state index in [4.69, 9.17) is 4.74 Å². The van der Waals surface area contributed by atoms with Gasteiger partial charge in [-0.1, -0.05) is 18.2 Å². The molecule has 4 rings (SSSR count). The van der Waals surface area contributed by atoms with Gasteiger partial charge in [0.25, 0.3) is 5.56 Å². The van der Waals surface area contributed by atoms with Crippen LogP contribution in [0.25, 0.3) is 21.8 Å². The van der Waals surface area contributed by atoms with Crippen LogP contribution in [0.1, 0.15) is 34.5 Å². The van der Waals surface area contributed by atoms with Crippen LogP contribution in [-0.4, -0.2) is 27.7 Å². The minimum Gasteiger partial charge on any atom is -0.481 e. The van der Waals surface area contributed by atoms with Gasteiger partial charge in [0.05, 0.1) is 12.7 Å². The Labute approximate surface area is 178 Å². The molecule has 7 nitrogen and oxygen atoms in total. The summed E-state index contributed by atoms with van der Waals surface area (Å²) < 4.78 is 6.78. The van der Waals surface area contributed by atoms with Gasteiger partial charge in [-0.15, -0.1) is 0 Å². The van der Waals surface area contributed by atoms with E-state index in [9.17, 15) is 14.7 Å². The second-order valence-corrected chi connectivity index (χ2v) is 7.58. The second-order valence-electron chi connectivity index (χ2n) is 7.58. The van der Waals surface area contributed by atoms with Gasteiger partial charge >= 0.3 is 5.97 Å². The Morgan fingerprint density at radius 2 is 1.90 bits per heavy atom. The first-order valence-electron chi connectivity index (χ1n) is 9.88. The molecule has 1 unspecified atom stereocenters. The van der Waals surface area contributed by atoms with Crippen LogP contribution in [0, 0.1) is 6.92 Å². The van der Waals surface area contributed by atoms with Crippen LogP contribution in [0.4, 0.5) is 5.69 Å². The summed E-state index contributed by atoms with van der Waals surface area (Å²) in [6.07, 6.45) is 0. The lowest BCUT2D eigenvalue weighted by atomic mass is 9.95. The Morgan fingerprint density at radius 3 is 2.61 bits per heavy atom. The summed E-state index contributed by atoms with van der Waals surface area (Å²) in [7, 11) is 3.23. The highest BCUT2D eigenvalue weighted by atomic mass is 16.5. The van der Waals surface area contributed by atoms with Crippen molar-refractivity contribution >= 4 is 33.5 Å². The summed E-state index contributed by atoms with van der Waals surface area (Å²) >= 11 is 0. The number of hydrogen-bond donors (Lipinski definition) is 2. The maximum atomic E-state index is 13.2. The van der Waals surface area contributed by atoms with Crippen molar-refractivity contribution in [3.63, 3.8) is 0 Å². The number of hydrogen-bond acceptors (Lipinski definition) is 5. The molecule has 0 amide bonds. The Bertz CT molecular complexity index is 1390. The maximum absolute atomic E-state index is 13.2. The highest BCUT2D eigenvalue weighted by Gasteiger charge is 2.19. The number of carboxylic acid groups (broad SMARTS) is 1. The first-order valence-corrected chi connectivity index (χ1v) is 9.88. The van der Waals surface area contributed by atoms with E-state index >= 15 is 0 Å². The van der Waals surface area contributed by atoms with Crippen molar-refractivity contribution < 1.29 is 14.6 Å². The predicted molar refractivity (Wildman–Crippen MR) is 121 cm³/mol. The number of pyridine rings is 2. The second kappa shape index (κ2) is 7.75. The zero-order valence-corrected chi connectivity index (χ0v) is 17.8. The first kappa shape index (κ1) is 20.4. The van der Waals surface area contributed by atoms with Gasteiger partial charge in [-0.3, -0.25) is 9.36 Å². The monoisotopic (exact) mass is 417 g/mol. The van der Waals surface area contributed by atoms with Crippen LogP contribution in [0.3, 0.4) is 0 Å². The van der Waals surface area contributed by atoms with Gasteiger partial charge in [0.1, 0.15) is 5.65 Å². The molecule has 2 heterocycles. The van der Waals surface area contributed by atoms with Crippen LogP contribution in [0.5, 0.6) is 5.88 Å². The molecule has 1 atom stereocenters. The number of rotatable bonds is 5. The number of methoxy groups -OCH3 is 1. The summed E-state index contributed by atoms with van der Waals surface area (Å²) in [4.78, 5) is 29.3. The first-order chi connectivity index (χ1) is 14.8. The van der Waals surface area contributed by atoms with Gasteiger partial charge in [-0.05, 0) is 49.2 Å². The summed E-state index contributed by atoms with van der Waals surface area (Å²) in [6.45, 7) is 3.89. The van der Waals surface area contributed by atoms with Crippen LogP contribution in [0.2, 0.25) is 0 Å². The van der Waals surface area contributed by atoms with Gasteiger partial charge in [0.15, 0.2) is 0 Å². The molecule has 158 valence electrons. The van der Waals surface area contributed by atoms with E-state index in [2.05, 4.69) is 10.3 Å². The molecule has 2 aromatic heterocycles. The average molecular weight is 417 g/mol. The molecule has 0 radical (unpaired) electrons. The number of nitrogens with one attached hydrogen (secondary N) is 1. The number of nitrogens with zero attached hydrogens (tertiary/aromatic N) is 2. The highest BCUT2D eigenvalue weighted by molar-refractivity contribution is 6.07. The smallest absolute Gasteiger partial charge is 0.337 e. The Hall–Kier alpha value is -3.87. The minimum absolute atomic E-state index is 0.147. The van der Waals surface area contributed by atoms with E-state index in [0.717, 1.165) is 21.9 Å². The summed E-state index contributed by atoms with van der Waals surface area (Å²) in [6, 6.07) is 14.1. The standard InChI is InChI=1S/C24H23N3O4/c1-13-11-17(14(2)25-19-8-6-5-7-15(19)24(29)30)21-16-9-10-20(31-4)26-22(16)27(3)23(28)18(21)12-13/h5-12,14,25H,1-4H3,(H,29,30). The molecule has 0 fully saturated rings. The van der Waals surface area contributed by atoms with Crippen molar-refractivity contribution in [2.45, 2.75) is 19.9 Å². The zero-order valence-electron chi connectivity index (χ0n) is 17.8. The number of ether oxygens (including phenoxy) is 1. The van der Waals surface area contributed by atoms with Crippen LogP contribution in [-0.2, 0) is 7.05 Å². The van der Waals surface area contributed by atoms with Gasteiger partial charge < -0.3 is 15.2 Å². The number of fused-ring (bicyclic) bond motifs is 3. The summed E-state index contributed by atoms with van der Waals surface area (Å²) in [5.41, 5.74) is 2.93. The van der Waals surface area contributed by atoms with E-state index in [1.807, 2.05) is 32.0 Å². The quantitative estimate of drug-likeness (QED) is 0.471. The van der Waals surface area contributed by atoms with E-state index in [1.165, 1.54) is 11.7 Å². The molecule has 0 aliphatic heterocycles. The van der Waals surface area contributed by atoms with E-state index in [1.54, 1.807) is 37.4 Å². The molecule has 0 saturated carbocycles. The average Bonchev–Trinajstić information content (AvgIpc) is 2.76. The van der Waals surface area contributed by atoms with Crippen molar-refractivity contribution in [3.8, 4) is 5.88 Å². The molecule has 0 spiro atoms. The predicted octanol–water partition coefficient (Wildman–Crippen LogP) is 4.28. The third kappa shape index (κ3) is 3.48. The van der Waals surface area contributed by atoms with E-state index in [-0.39, 0.29) is 17.2 Å². The van der Waals surface area contributed by atoms with E-state index in [0.29, 0.717) is 22.6 Å². The van der Waals surface area contributed by atoms with Gasteiger partial charge in [0, 0.05) is 41.0 Å². The SMILES string of the molecule is COc1ccc2c3c(C(C)Nc4ccccc4C(=O)O)cc(C)cc3c(=O)n(C)c2n1. The number of para-hydroxylation sites is 1.